The summed E-state index contributed by atoms with van der Waals surface area (Å²) in [6.45, 7) is 7.34. The van der Waals surface area contributed by atoms with Crippen LogP contribution in [0, 0.1) is 0 Å². The second-order valence-electron chi connectivity index (χ2n) is 7.29. The van der Waals surface area contributed by atoms with E-state index < -0.39 is 0 Å². The molecule has 0 bridgehead atoms. The van der Waals surface area contributed by atoms with Crippen LogP contribution in [-0.4, -0.2) is 47.0 Å². The molecule has 2 aromatic heterocycles. The monoisotopic (exact) mass is 380 g/mol. The average molecular weight is 381 g/mol. The van der Waals surface area contributed by atoms with Gasteiger partial charge in [-0.2, -0.15) is 0 Å². The Morgan fingerprint density at radius 2 is 1.85 bits per heavy atom. The van der Waals surface area contributed by atoms with Crippen molar-refractivity contribution >= 4 is 33.4 Å². The predicted molar refractivity (Wildman–Crippen MR) is 110 cm³/mol. The van der Waals surface area contributed by atoms with Gasteiger partial charge in [-0.1, -0.05) is 38.1 Å². The van der Waals surface area contributed by atoms with Crippen molar-refractivity contribution in [1.82, 2.24) is 14.9 Å². The number of nitrogens with zero attached hydrogens (tertiary/aromatic N) is 4. The van der Waals surface area contributed by atoms with Gasteiger partial charge in [0.15, 0.2) is 0 Å². The fourth-order valence-electron chi connectivity index (χ4n) is 3.36. The average Bonchev–Trinajstić information content (AvgIpc) is 3.16. The summed E-state index contributed by atoms with van der Waals surface area (Å²) in [5, 5.41) is 3.12. The Kier molecular flexibility index (Phi) is 5.07. The normalized spacial score (nSPS) is 14.9. The standard InChI is InChI=1S/C21H24N4OS/c1-15(2)17-5-3-16(4-6-17)13-19(26)24-8-10-25(11-9-24)21-22-14-18-7-12-27-20(18)23-21/h3-7,12,14-15H,8-11,13H2,1-2H3. The zero-order chi connectivity index (χ0) is 18.8. The summed E-state index contributed by atoms with van der Waals surface area (Å²) in [6.07, 6.45) is 2.35. The van der Waals surface area contributed by atoms with Crippen molar-refractivity contribution in [2.45, 2.75) is 26.2 Å². The SMILES string of the molecule is CC(C)c1ccc(CC(=O)N2CCN(c3ncc4ccsc4n3)CC2)cc1. The third-order valence-electron chi connectivity index (χ3n) is 5.11. The quantitative estimate of drug-likeness (QED) is 0.692. The van der Waals surface area contributed by atoms with E-state index >= 15 is 0 Å². The zero-order valence-electron chi connectivity index (χ0n) is 15.8. The molecule has 4 rings (SSSR count). The highest BCUT2D eigenvalue weighted by molar-refractivity contribution is 7.16. The smallest absolute Gasteiger partial charge is 0.227 e. The minimum Gasteiger partial charge on any atom is -0.339 e. The molecule has 0 spiro atoms. The third kappa shape index (κ3) is 3.95. The molecule has 0 atom stereocenters. The first kappa shape index (κ1) is 17.9. The Balaban J connectivity index is 1.34. The van der Waals surface area contributed by atoms with Gasteiger partial charge in [0.05, 0.1) is 6.42 Å². The first-order valence-electron chi connectivity index (χ1n) is 9.42. The van der Waals surface area contributed by atoms with Crippen molar-refractivity contribution < 1.29 is 4.79 Å². The molecule has 1 fully saturated rings. The number of hydrogen-bond acceptors (Lipinski definition) is 5. The largest absolute Gasteiger partial charge is 0.339 e. The van der Waals surface area contributed by atoms with Gasteiger partial charge in [-0.15, -0.1) is 11.3 Å². The molecule has 140 valence electrons. The van der Waals surface area contributed by atoms with E-state index in [-0.39, 0.29) is 5.91 Å². The maximum absolute atomic E-state index is 12.6. The van der Waals surface area contributed by atoms with E-state index in [0.29, 0.717) is 12.3 Å². The number of carbonyl (C=O) groups excluding carboxylic acids is 1. The number of fused-ring (bicyclic) bond motifs is 1. The molecular formula is C21H24N4OS. The lowest BCUT2D eigenvalue weighted by Crippen LogP contribution is -2.49. The van der Waals surface area contributed by atoms with E-state index in [1.54, 1.807) is 11.3 Å². The fraction of sp³-hybridized carbons (Fsp3) is 0.381. The Bertz CT molecular complexity index is 927. The minimum atomic E-state index is 0.196. The highest BCUT2D eigenvalue weighted by atomic mass is 32.1. The number of rotatable bonds is 4. The van der Waals surface area contributed by atoms with Crippen molar-refractivity contribution in [2.75, 3.05) is 31.1 Å². The predicted octanol–water partition coefficient (Wildman–Crippen LogP) is 3.71. The van der Waals surface area contributed by atoms with Crippen LogP contribution in [-0.2, 0) is 11.2 Å². The van der Waals surface area contributed by atoms with Crippen LogP contribution in [0.15, 0.2) is 41.9 Å². The van der Waals surface area contributed by atoms with E-state index in [9.17, 15) is 4.79 Å². The molecule has 0 N–H and O–H groups in total. The van der Waals surface area contributed by atoms with E-state index in [1.807, 2.05) is 22.5 Å². The molecule has 0 saturated carbocycles. The maximum Gasteiger partial charge on any atom is 0.227 e. The van der Waals surface area contributed by atoms with Crippen LogP contribution >= 0.6 is 11.3 Å². The molecule has 3 heterocycles. The number of amides is 1. The van der Waals surface area contributed by atoms with Gasteiger partial charge in [0.25, 0.3) is 0 Å². The maximum atomic E-state index is 12.6. The van der Waals surface area contributed by atoms with E-state index in [0.717, 1.165) is 47.9 Å². The Labute approximate surface area is 163 Å². The van der Waals surface area contributed by atoms with Gasteiger partial charge in [0, 0.05) is 37.8 Å². The van der Waals surface area contributed by atoms with Crippen molar-refractivity contribution in [3.8, 4) is 0 Å². The van der Waals surface area contributed by atoms with Gasteiger partial charge in [-0.3, -0.25) is 4.79 Å². The first-order valence-corrected chi connectivity index (χ1v) is 10.3. The van der Waals surface area contributed by atoms with Crippen LogP contribution in [0.25, 0.3) is 10.2 Å². The van der Waals surface area contributed by atoms with E-state index in [1.165, 1.54) is 5.56 Å². The molecule has 5 nitrogen and oxygen atoms in total. The van der Waals surface area contributed by atoms with Gasteiger partial charge in [-0.05, 0) is 28.5 Å². The van der Waals surface area contributed by atoms with Gasteiger partial charge < -0.3 is 9.80 Å². The van der Waals surface area contributed by atoms with E-state index in [2.05, 4.69) is 53.0 Å². The van der Waals surface area contributed by atoms with Gasteiger partial charge in [0.1, 0.15) is 4.83 Å². The molecule has 1 amide bonds. The summed E-state index contributed by atoms with van der Waals surface area (Å²) in [5.41, 5.74) is 2.39. The second kappa shape index (κ2) is 7.64. The molecule has 0 aliphatic carbocycles. The van der Waals surface area contributed by atoms with Crippen molar-refractivity contribution in [3.05, 3.63) is 53.0 Å². The Morgan fingerprint density at radius 3 is 2.56 bits per heavy atom. The van der Waals surface area contributed by atoms with Crippen LogP contribution in [0.3, 0.4) is 0 Å². The fourth-order valence-corrected chi connectivity index (χ4v) is 4.10. The highest BCUT2D eigenvalue weighted by Gasteiger charge is 2.23. The van der Waals surface area contributed by atoms with Crippen LogP contribution in [0.2, 0.25) is 0 Å². The Morgan fingerprint density at radius 1 is 1.11 bits per heavy atom. The molecule has 0 radical (unpaired) electrons. The number of piperazine rings is 1. The number of thiophene rings is 1. The van der Waals surface area contributed by atoms with Crippen molar-refractivity contribution in [1.29, 1.82) is 0 Å². The molecule has 6 heteroatoms. The number of carbonyl (C=O) groups is 1. The van der Waals surface area contributed by atoms with Crippen molar-refractivity contribution in [2.24, 2.45) is 0 Å². The number of benzene rings is 1. The number of aromatic nitrogens is 2. The number of hydrogen-bond donors (Lipinski definition) is 0. The summed E-state index contributed by atoms with van der Waals surface area (Å²) in [7, 11) is 0. The molecule has 1 aromatic carbocycles. The van der Waals surface area contributed by atoms with Gasteiger partial charge >= 0.3 is 0 Å². The van der Waals surface area contributed by atoms with Crippen LogP contribution < -0.4 is 4.90 Å². The molecule has 27 heavy (non-hydrogen) atoms. The van der Waals surface area contributed by atoms with Crippen LogP contribution in [0.5, 0.6) is 0 Å². The lowest BCUT2D eigenvalue weighted by atomic mass is 10.0. The van der Waals surface area contributed by atoms with Gasteiger partial charge in [-0.25, -0.2) is 9.97 Å². The van der Waals surface area contributed by atoms with Crippen LogP contribution in [0.4, 0.5) is 5.95 Å². The summed E-state index contributed by atoms with van der Waals surface area (Å²) in [4.78, 5) is 26.9. The van der Waals surface area contributed by atoms with Gasteiger partial charge in [0.2, 0.25) is 11.9 Å². The first-order chi connectivity index (χ1) is 13.1. The zero-order valence-corrected chi connectivity index (χ0v) is 16.6. The molecule has 1 aliphatic heterocycles. The molecular weight excluding hydrogens is 356 g/mol. The molecule has 1 saturated heterocycles. The summed E-state index contributed by atoms with van der Waals surface area (Å²) in [5.74, 6) is 1.47. The molecule has 0 unspecified atom stereocenters. The minimum absolute atomic E-state index is 0.196. The molecule has 1 aliphatic rings. The summed E-state index contributed by atoms with van der Waals surface area (Å²) >= 11 is 1.63. The lowest BCUT2D eigenvalue weighted by molar-refractivity contribution is -0.130. The Hall–Kier alpha value is -2.47. The number of anilines is 1. The topological polar surface area (TPSA) is 49.3 Å². The summed E-state index contributed by atoms with van der Waals surface area (Å²) < 4.78 is 0. The molecule has 3 aromatic rings. The summed E-state index contributed by atoms with van der Waals surface area (Å²) in [6, 6.07) is 10.4. The third-order valence-corrected chi connectivity index (χ3v) is 5.93. The van der Waals surface area contributed by atoms with Crippen molar-refractivity contribution in [3.63, 3.8) is 0 Å². The lowest BCUT2D eigenvalue weighted by Gasteiger charge is -2.34. The van der Waals surface area contributed by atoms with E-state index in [4.69, 9.17) is 0 Å². The second-order valence-corrected chi connectivity index (χ2v) is 8.19. The highest BCUT2D eigenvalue weighted by Crippen LogP contribution is 2.21. The van der Waals surface area contributed by atoms with Crippen LogP contribution in [0.1, 0.15) is 30.9 Å².